The summed E-state index contributed by atoms with van der Waals surface area (Å²) in [4.78, 5) is 4.16. The Balaban J connectivity index is 2.21. The van der Waals surface area contributed by atoms with E-state index in [1.807, 2.05) is 6.07 Å². The third-order valence-corrected chi connectivity index (χ3v) is 3.29. The van der Waals surface area contributed by atoms with Gasteiger partial charge in [0.25, 0.3) is 0 Å². The van der Waals surface area contributed by atoms with Crippen LogP contribution in [0.1, 0.15) is 17.3 Å². The fourth-order valence-electron chi connectivity index (χ4n) is 1.75. The van der Waals surface area contributed by atoms with Crippen molar-refractivity contribution in [3.63, 3.8) is 0 Å². The Morgan fingerprint density at radius 3 is 2.83 bits per heavy atom. The number of aromatic nitrogens is 1. The van der Waals surface area contributed by atoms with Gasteiger partial charge < -0.3 is 5.73 Å². The van der Waals surface area contributed by atoms with Crippen molar-refractivity contribution in [3.8, 4) is 0 Å². The highest BCUT2D eigenvalue weighted by Gasteiger charge is 2.12. The molecule has 1 atom stereocenters. The molecule has 1 aromatic heterocycles. The van der Waals surface area contributed by atoms with Gasteiger partial charge in [-0.1, -0.05) is 27.5 Å². The van der Waals surface area contributed by atoms with Gasteiger partial charge in [0.1, 0.15) is 5.82 Å². The molecule has 1 unspecified atom stereocenters. The number of benzene rings is 1. The lowest BCUT2D eigenvalue weighted by Gasteiger charge is -2.12. The van der Waals surface area contributed by atoms with E-state index < -0.39 is 0 Å². The van der Waals surface area contributed by atoms with Crippen LogP contribution in [0, 0.1) is 5.82 Å². The van der Waals surface area contributed by atoms with Crippen LogP contribution in [0.25, 0.3) is 0 Å². The second-order valence-electron chi connectivity index (χ2n) is 3.96. The van der Waals surface area contributed by atoms with E-state index in [1.165, 1.54) is 12.1 Å². The first-order valence-corrected chi connectivity index (χ1v) is 6.54. The summed E-state index contributed by atoms with van der Waals surface area (Å²) in [5.74, 6) is -0.293. The second kappa shape index (κ2) is 5.78. The first kappa shape index (κ1) is 13.5. The van der Waals surface area contributed by atoms with Gasteiger partial charge in [-0.25, -0.2) is 4.39 Å². The fraction of sp³-hybridized carbons (Fsp3) is 0.154. The molecular weight excluding hydrogens is 319 g/mol. The summed E-state index contributed by atoms with van der Waals surface area (Å²) in [5.41, 5.74) is 7.47. The standard InChI is InChI=1S/C13H11BrClFN2/c14-9-4-8(5-10(16)7-9)6-12(17)13-11(15)2-1-3-18-13/h1-5,7,12H,6,17H2. The molecule has 94 valence electrons. The van der Waals surface area contributed by atoms with Gasteiger partial charge in [-0.05, 0) is 42.3 Å². The summed E-state index contributed by atoms with van der Waals surface area (Å²) in [6.07, 6.45) is 2.12. The fourth-order valence-corrected chi connectivity index (χ4v) is 2.52. The van der Waals surface area contributed by atoms with E-state index in [0.29, 0.717) is 21.6 Å². The molecule has 0 bridgehead atoms. The van der Waals surface area contributed by atoms with Crippen molar-refractivity contribution in [1.82, 2.24) is 4.98 Å². The van der Waals surface area contributed by atoms with Gasteiger partial charge in [0.2, 0.25) is 0 Å². The number of nitrogens with two attached hydrogens (primary N) is 1. The number of nitrogens with zero attached hydrogens (tertiary/aromatic N) is 1. The highest BCUT2D eigenvalue weighted by Crippen LogP contribution is 2.23. The van der Waals surface area contributed by atoms with E-state index in [1.54, 1.807) is 18.3 Å². The normalized spacial score (nSPS) is 12.4. The highest BCUT2D eigenvalue weighted by atomic mass is 79.9. The van der Waals surface area contributed by atoms with Crippen molar-refractivity contribution < 1.29 is 4.39 Å². The van der Waals surface area contributed by atoms with Gasteiger partial charge in [-0.2, -0.15) is 0 Å². The third-order valence-electron chi connectivity index (χ3n) is 2.52. The zero-order chi connectivity index (χ0) is 13.1. The molecule has 18 heavy (non-hydrogen) atoms. The van der Waals surface area contributed by atoms with E-state index in [-0.39, 0.29) is 11.9 Å². The van der Waals surface area contributed by atoms with Crippen molar-refractivity contribution in [2.24, 2.45) is 5.73 Å². The van der Waals surface area contributed by atoms with Crippen LogP contribution in [0.3, 0.4) is 0 Å². The molecule has 2 N–H and O–H groups in total. The Morgan fingerprint density at radius 2 is 2.17 bits per heavy atom. The summed E-state index contributed by atoms with van der Waals surface area (Å²) in [5, 5.41) is 0.528. The lowest BCUT2D eigenvalue weighted by molar-refractivity contribution is 0.620. The van der Waals surface area contributed by atoms with Crippen LogP contribution < -0.4 is 5.73 Å². The third kappa shape index (κ3) is 3.28. The summed E-state index contributed by atoms with van der Waals surface area (Å²) in [7, 11) is 0. The maximum Gasteiger partial charge on any atom is 0.124 e. The maximum atomic E-state index is 13.2. The lowest BCUT2D eigenvalue weighted by atomic mass is 10.0. The molecular formula is C13H11BrClFN2. The van der Waals surface area contributed by atoms with Crippen LogP contribution >= 0.6 is 27.5 Å². The lowest BCUT2D eigenvalue weighted by Crippen LogP contribution is -2.15. The minimum absolute atomic E-state index is 0.293. The second-order valence-corrected chi connectivity index (χ2v) is 5.28. The van der Waals surface area contributed by atoms with Crippen LogP contribution in [-0.4, -0.2) is 4.98 Å². The number of hydrogen-bond donors (Lipinski definition) is 1. The Morgan fingerprint density at radius 1 is 1.39 bits per heavy atom. The molecule has 0 radical (unpaired) electrons. The van der Waals surface area contributed by atoms with Crippen molar-refractivity contribution in [2.75, 3.05) is 0 Å². The summed E-state index contributed by atoms with van der Waals surface area (Å²) < 4.78 is 13.9. The molecule has 0 spiro atoms. The summed E-state index contributed by atoms with van der Waals surface area (Å²) in [6.45, 7) is 0. The molecule has 0 aliphatic carbocycles. The molecule has 0 aliphatic heterocycles. The largest absolute Gasteiger partial charge is 0.322 e. The molecule has 1 heterocycles. The first-order chi connectivity index (χ1) is 8.56. The minimum Gasteiger partial charge on any atom is -0.322 e. The minimum atomic E-state index is -0.354. The van der Waals surface area contributed by atoms with Gasteiger partial charge in [-0.15, -0.1) is 0 Å². The zero-order valence-corrected chi connectivity index (χ0v) is 11.7. The number of halogens is 3. The Hall–Kier alpha value is -0.970. The molecule has 2 aromatic rings. The predicted octanol–water partition coefficient (Wildman–Crippen LogP) is 3.88. The van der Waals surface area contributed by atoms with Crippen molar-refractivity contribution >= 4 is 27.5 Å². The molecule has 0 saturated heterocycles. The van der Waals surface area contributed by atoms with E-state index in [4.69, 9.17) is 17.3 Å². The Kier molecular flexibility index (Phi) is 4.32. The predicted molar refractivity (Wildman–Crippen MR) is 74.0 cm³/mol. The molecule has 1 aromatic carbocycles. The van der Waals surface area contributed by atoms with Gasteiger partial charge in [0.15, 0.2) is 0 Å². The Bertz CT molecular complexity index is 542. The smallest absolute Gasteiger partial charge is 0.124 e. The Labute approximate surface area is 118 Å². The van der Waals surface area contributed by atoms with Crippen LogP contribution in [-0.2, 0) is 6.42 Å². The van der Waals surface area contributed by atoms with Crippen LogP contribution in [0.4, 0.5) is 4.39 Å². The number of rotatable bonds is 3. The quantitative estimate of drug-likeness (QED) is 0.928. The highest BCUT2D eigenvalue weighted by molar-refractivity contribution is 9.10. The SMILES string of the molecule is NC(Cc1cc(F)cc(Br)c1)c1ncccc1Cl. The van der Waals surface area contributed by atoms with Crippen LogP contribution in [0.2, 0.25) is 5.02 Å². The molecule has 0 saturated carbocycles. The molecule has 0 aliphatic rings. The zero-order valence-electron chi connectivity index (χ0n) is 9.41. The first-order valence-electron chi connectivity index (χ1n) is 5.37. The molecule has 2 nitrogen and oxygen atoms in total. The van der Waals surface area contributed by atoms with Gasteiger partial charge in [0.05, 0.1) is 16.8 Å². The number of pyridine rings is 1. The topological polar surface area (TPSA) is 38.9 Å². The van der Waals surface area contributed by atoms with E-state index in [2.05, 4.69) is 20.9 Å². The average Bonchev–Trinajstić information content (AvgIpc) is 2.27. The monoisotopic (exact) mass is 328 g/mol. The maximum absolute atomic E-state index is 13.2. The van der Waals surface area contributed by atoms with Crippen molar-refractivity contribution in [3.05, 3.63) is 63.1 Å². The van der Waals surface area contributed by atoms with Gasteiger partial charge in [0, 0.05) is 10.7 Å². The van der Waals surface area contributed by atoms with Gasteiger partial charge in [-0.3, -0.25) is 4.98 Å². The molecule has 2 rings (SSSR count). The van der Waals surface area contributed by atoms with Gasteiger partial charge >= 0.3 is 0 Å². The average molecular weight is 330 g/mol. The van der Waals surface area contributed by atoms with E-state index in [0.717, 1.165) is 5.56 Å². The van der Waals surface area contributed by atoms with E-state index in [9.17, 15) is 4.39 Å². The van der Waals surface area contributed by atoms with Crippen LogP contribution in [0.5, 0.6) is 0 Å². The molecule has 0 fully saturated rings. The molecule has 0 amide bonds. The summed E-state index contributed by atoms with van der Waals surface area (Å²) >= 11 is 9.27. The van der Waals surface area contributed by atoms with Crippen LogP contribution in [0.15, 0.2) is 41.0 Å². The van der Waals surface area contributed by atoms with Crippen molar-refractivity contribution in [1.29, 1.82) is 0 Å². The van der Waals surface area contributed by atoms with Crippen molar-refractivity contribution in [2.45, 2.75) is 12.5 Å². The molecule has 5 heteroatoms. The number of hydrogen-bond acceptors (Lipinski definition) is 2. The van der Waals surface area contributed by atoms with E-state index >= 15 is 0 Å². The summed E-state index contributed by atoms with van der Waals surface area (Å²) in [6, 6.07) is 7.83.